The van der Waals surface area contributed by atoms with Crippen molar-refractivity contribution in [2.45, 2.75) is 56.6 Å². The molecule has 6 N–H and O–H groups in total. The summed E-state index contributed by atoms with van der Waals surface area (Å²) in [5.41, 5.74) is 11.6. The van der Waals surface area contributed by atoms with E-state index in [2.05, 4.69) is 25.9 Å². The summed E-state index contributed by atoms with van der Waals surface area (Å²) < 4.78 is 12.8. The zero-order valence-corrected chi connectivity index (χ0v) is 18.2. The van der Waals surface area contributed by atoms with Crippen molar-refractivity contribution in [3.63, 3.8) is 0 Å². The van der Waals surface area contributed by atoms with Gasteiger partial charge >= 0.3 is 5.97 Å². The van der Waals surface area contributed by atoms with E-state index >= 15 is 0 Å². The fraction of sp³-hybridized carbons (Fsp3) is 0.579. The third-order valence-electron chi connectivity index (χ3n) is 5.92. The Hall–Kier alpha value is -2.28. The molecule has 3 heterocycles. The molecule has 12 heteroatoms. The average Bonchev–Trinajstić information content (AvgIpc) is 3.21. The first-order valence-electron chi connectivity index (χ1n) is 10.1. The number of primary amides is 1. The van der Waals surface area contributed by atoms with Crippen molar-refractivity contribution in [2.24, 2.45) is 11.7 Å². The number of aromatic nitrogens is 3. The van der Waals surface area contributed by atoms with Crippen molar-refractivity contribution in [1.29, 1.82) is 0 Å². The number of nitrogens with zero attached hydrogens (tertiary/aromatic N) is 3. The molecule has 4 atom stereocenters. The highest BCUT2D eigenvalue weighted by atomic mass is 79.9. The van der Waals surface area contributed by atoms with Gasteiger partial charge in [-0.3, -0.25) is 14.2 Å². The molecule has 4 rings (SSSR count). The normalized spacial score (nSPS) is 26.9. The number of halogens is 1. The van der Waals surface area contributed by atoms with Gasteiger partial charge in [-0.2, -0.15) is 0 Å². The average molecular weight is 498 g/mol. The van der Waals surface area contributed by atoms with Crippen LogP contribution in [0.3, 0.4) is 0 Å². The van der Waals surface area contributed by atoms with E-state index in [9.17, 15) is 19.8 Å². The SMILES string of the molecule is NC(=O)c1c(Br)n([C@H]2O[C@@H](COC(=O)C3CCCCC3)[C@H](O)[C@@H]2O)c2ncnc(N)c12. The number of ether oxygens (including phenoxy) is 2. The highest BCUT2D eigenvalue weighted by Crippen LogP contribution is 2.39. The number of hydrogen-bond donors (Lipinski definition) is 4. The number of nitrogens with two attached hydrogens (primary N) is 2. The van der Waals surface area contributed by atoms with Gasteiger partial charge in [-0.05, 0) is 28.8 Å². The van der Waals surface area contributed by atoms with Crippen LogP contribution in [0.1, 0.15) is 48.7 Å². The molecule has 1 saturated carbocycles. The molecule has 0 bridgehead atoms. The van der Waals surface area contributed by atoms with E-state index in [1.54, 1.807) is 0 Å². The standard InChI is InChI=1S/C19H24BrN5O6/c20-14-10(16(22)28)11-15(21)23-7-24-17(11)25(14)18-13(27)12(26)9(31-18)6-30-19(29)8-4-2-1-3-5-8/h7-9,12-13,18,26-27H,1-6H2,(H2,22,28)(H2,21,23,24)/t9-,12-,13-,18-/m0/s1. The number of carbonyl (C=O) groups is 2. The van der Waals surface area contributed by atoms with Crippen molar-refractivity contribution in [3.05, 3.63) is 16.5 Å². The molecule has 0 unspecified atom stereocenters. The van der Waals surface area contributed by atoms with Gasteiger partial charge in [-0.15, -0.1) is 0 Å². The third kappa shape index (κ3) is 3.88. The summed E-state index contributed by atoms with van der Waals surface area (Å²) in [5.74, 6) is -1.21. The molecule has 2 aromatic heterocycles. The number of anilines is 1. The summed E-state index contributed by atoms with van der Waals surface area (Å²) in [5, 5.41) is 21.4. The van der Waals surface area contributed by atoms with Crippen LogP contribution in [0.4, 0.5) is 5.82 Å². The summed E-state index contributed by atoms with van der Waals surface area (Å²) in [4.78, 5) is 32.4. The quantitative estimate of drug-likeness (QED) is 0.431. The van der Waals surface area contributed by atoms with Gasteiger partial charge in [0.2, 0.25) is 0 Å². The number of rotatable bonds is 5. The first-order chi connectivity index (χ1) is 14.8. The number of carbonyl (C=O) groups excluding carboxylic acids is 2. The Balaban J connectivity index is 1.58. The van der Waals surface area contributed by atoms with Gasteiger partial charge in [-0.1, -0.05) is 19.3 Å². The van der Waals surface area contributed by atoms with Gasteiger partial charge in [-0.25, -0.2) is 9.97 Å². The summed E-state index contributed by atoms with van der Waals surface area (Å²) in [6.45, 7) is -0.208. The summed E-state index contributed by atoms with van der Waals surface area (Å²) in [6.07, 6.45) is 1.06. The van der Waals surface area contributed by atoms with Crippen molar-refractivity contribution in [2.75, 3.05) is 12.3 Å². The number of aliphatic hydroxyl groups is 2. The minimum atomic E-state index is -1.39. The number of fused-ring (bicyclic) bond motifs is 1. The molecule has 0 radical (unpaired) electrons. The number of nitrogen functional groups attached to an aromatic ring is 1. The number of hydrogen-bond acceptors (Lipinski definition) is 9. The Bertz CT molecular complexity index is 1010. The van der Waals surface area contributed by atoms with Crippen LogP contribution in [0.15, 0.2) is 10.9 Å². The Morgan fingerprint density at radius 2 is 1.94 bits per heavy atom. The van der Waals surface area contributed by atoms with Gasteiger partial charge in [0.05, 0.1) is 16.9 Å². The number of amides is 1. The van der Waals surface area contributed by atoms with E-state index in [4.69, 9.17) is 20.9 Å². The predicted octanol–water partition coefficient (Wildman–Crippen LogP) is 0.618. The monoisotopic (exact) mass is 497 g/mol. The number of esters is 1. The van der Waals surface area contributed by atoms with Crippen molar-refractivity contribution >= 4 is 44.7 Å². The van der Waals surface area contributed by atoms with Crippen molar-refractivity contribution in [1.82, 2.24) is 14.5 Å². The van der Waals surface area contributed by atoms with Crippen molar-refractivity contribution in [3.8, 4) is 0 Å². The largest absolute Gasteiger partial charge is 0.463 e. The van der Waals surface area contributed by atoms with Crippen LogP contribution < -0.4 is 11.5 Å². The number of aliphatic hydroxyl groups excluding tert-OH is 2. The van der Waals surface area contributed by atoms with Crippen LogP contribution in [-0.4, -0.2) is 61.5 Å². The lowest BCUT2D eigenvalue weighted by atomic mass is 9.89. The zero-order chi connectivity index (χ0) is 22.3. The second-order valence-electron chi connectivity index (χ2n) is 7.87. The molecule has 1 amide bonds. The second kappa shape index (κ2) is 8.69. The molecule has 2 aromatic rings. The van der Waals surface area contributed by atoms with Crippen LogP contribution >= 0.6 is 15.9 Å². The van der Waals surface area contributed by atoms with E-state index in [-0.39, 0.29) is 45.5 Å². The van der Waals surface area contributed by atoms with Crippen LogP contribution in [0, 0.1) is 5.92 Å². The predicted molar refractivity (Wildman–Crippen MR) is 112 cm³/mol. The lowest BCUT2D eigenvalue weighted by molar-refractivity contribution is -0.156. The van der Waals surface area contributed by atoms with Gasteiger partial charge in [0.1, 0.15) is 47.3 Å². The highest BCUT2D eigenvalue weighted by Gasteiger charge is 2.46. The fourth-order valence-corrected chi connectivity index (χ4v) is 5.05. The molecule has 2 aliphatic rings. The Morgan fingerprint density at radius 1 is 1.23 bits per heavy atom. The van der Waals surface area contributed by atoms with Crippen LogP contribution in [0.5, 0.6) is 0 Å². The van der Waals surface area contributed by atoms with Gasteiger partial charge < -0.3 is 31.2 Å². The third-order valence-corrected chi connectivity index (χ3v) is 6.70. The fourth-order valence-electron chi connectivity index (χ4n) is 4.29. The molecular formula is C19H24BrN5O6. The molecule has 2 fully saturated rings. The highest BCUT2D eigenvalue weighted by molar-refractivity contribution is 9.10. The summed E-state index contributed by atoms with van der Waals surface area (Å²) in [6, 6.07) is 0. The molecule has 0 aromatic carbocycles. The maximum Gasteiger partial charge on any atom is 0.309 e. The molecule has 1 aliphatic heterocycles. The lowest BCUT2D eigenvalue weighted by Crippen LogP contribution is -2.35. The Kier molecular flexibility index (Phi) is 6.15. The zero-order valence-electron chi connectivity index (χ0n) is 16.6. The Labute approximate surface area is 185 Å². The molecule has 1 saturated heterocycles. The molecular weight excluding hydrogens is 474 g/mol. The van der Waals surface area contributed by atoms with E-state index in [0.717, 1.165) is 32.1 Å². The minimum Gasteiger partial charge on any atom is -0.463 e. The van der Waals surface area contributed by atoms with Crippen LogP contribution in [0.25, 0.3) is 11.0 Å². The van der Waals surface area contributed by atoms with E-state index in [1.807, 2.05) is 0 Å². The molecule has 0 spiro atoms. The molecule has 1 aliphatic carbocycles. The first kappa shape index (κ1) is 21.9. The maximum atomic E-state index is 12.3. The molecule has 11 nitrogen and oxygen atoms in total. The first-order valence-corrected chi connectivity index (χ1v) is 10.9. The van der Waals surface area contributed by atoms with Gasteiger partial charge in [0, 0.05) is 0 Å². The van der Waals surface area contributed by atoms with E-state index < -0.39 is 30.4 Å². The van der Waals surface area contributed by atoms with Gasteiger partial charge in [0.25, 0.3) is 5.91 Å². The molecule has 168 valence electrons. The van der Waals surface area contributed by atoms with E-state index in [0.29, 0.717) is 0 Å². The summed E-state index contributed by atoms with van der Waals surface area (Å²) in [7, 11) is 0. The summed E-state index contributed by atoms with van der Waals surface area (Å²) >= 11 is 3.30. The van der Waals surface area contributed by atoms with Crippen LogP contribution in [0.2, 0.25) is 0 Å². The van der Waals surface area contributed by atoms with Gasteiger partial charge in [0.15, 0.2) is 6.23 Å². The maximum absolute atomic E-state index is 12.3. The van der Waals surface area contributed by atoms with Crippen LogP contribution in [-0.2, 0) is 14.3 Å². The van der Waals surface area contributed by atoms with Crippen molar-refractivity contribution < 1.29 is 29.3 Å². The topological polar surface area (TPSA) is 176 Å². The second-order valence-corrected chi connectivity index (χ2v) is 8.62. The Morgan fingerprint density at radius 3 is 2.61 bits per heavy atom. The lowest BCUT2D eigenvalue weighted by Gasteiger charge is -2.21. The molecule has 31 heavy (non-hydrogen) atoms. The minimum absolute atomic E-state index is 0.0317. The smallest absolute Gasteiger partial charge is 0.309 e. The van der Waals surface area contributed by atoms with E-state index in [1.165, 1.54) is 10.9 Å².